The second-order valence-electron chi connectivity index (χ2n) is 36.8. The van der Waals surface area contributed by atoms with Gasteiger partial charge in [0.05, 0.1) is 62.8 Å². The number of benzene rings is 16. The number of fused-ring (bicyclic) bond motifs is 24. The molecule has 6 unspecified atom stereocenters. The van der Waals surface area contributed by atoms with Crippen LogP contribution in [0.5, 0.6) is 0 Å². The summed E-state index contributed by atoms with van der Waals surface area (Å²) in [4.78, 5) is 0. The van der Waals surface area contributed by atoms with Crippen LogP contribution in [0.15, 0.2) is 291 Å². The van der Waals surface area contributed by atoms with Crippen LogP contribution in [0.4, 0.5) is 0 Å². The number of hydrogen-bond donors (Lipinski definition) is 0. The highest BCUT2D eigenvalue weighted by Gasteiger charge is 2.34. The molecule has 0 saturated carbocycles. The van der Waals surface area contributed by atoms with Crippen molar-refractivity contribution in [2.45, 2.75) is 157 Å². The van der Waals surface area contributed by atoms with Crippen LogP contribution in [0.25, 0.3) is 89.0 Å². The highest BCUT2D eigenvalue weighted by molar-refractivity contribution is 6.22. The molecule has 0 aromatic heterocycles. The Kier molecular flexibility index (Phi) is 24.7. The molecule has 0 spiro atoms. The van der Waals surface area contributed by atoms with Gasteiger partial charge in [-0.25, -0.2) is 0 Å². The van der Waals surface area contributed by atoms with E-state index in [9.17, 15) is 0 Å². The molecule has 0 nitrogen and oxygen atoms in total. The van der Waals surface area contributed by atoms with Gasteiger partial charge in [-0.1, -0.05) is 336 Å². The van der Waals surface area contributed by atoms with Crippen molar-refractivity contribution in [3.05, 3.63) is 469 Å². The summed E-state index contributed by atoms with van der Waals surface area (Å²) in [6.45, 7) is 34.1. The van der Waals surface area contributed by atoms with E-state index in [0.717, 1.165) is 0 Å². The Hall–Kier alpha value is -12.0. The lowest BCUT2D eigenvalue weighted by molar-refractivity contribution is 1.14. The smallest absolute Gasteiger partial charge is 0.0617 e. The second-order valence-corrected chi connectivity index (χ2v) is 36.8. The molecule has 0 N–H and O–H groups in total. The Labute approximate surface area is 772 Å². The molecule has 0 fully saturated rings. The van der Waals surface area contributed by atoms with E-state index in [0.29, 0.717) is 0 Å². The standard InChI is InChI=1S/8C15H13B/c1-9-5-4-8-12-13(9)11-7-3-6-10(2)14(11)15(12)16;1-9-4-6-12-13(7-9)11-5-3-10(2)8-14(11)15(12)16;1-9-3-5-11-12-6-4-10(2)8-14(12)15(16)13(11)7-9;1-9-5-3-7-11-12-8-4-6-10(2)14(12)15(16)13(9)11;1-9-6-7-11-13(8-9)15(16)12-5-3-4-10(2)14(11)12;2*1-9-6-7-11-12-5-3-4-10(2)14(12)15(16)13(11)8-9;1-9-6-7-12-13(8-9)11-5-3-4-10(2)14(11)15(12)16/h8*3-8,15H,1-2H3. The number of rotatable bonds is 0. The minimum absolute atomic E-state index is 0.0461. The lowest BCUT2D eigenvalue weighted by Gasteiger charge is -2.11. The SMILES string of the molecule is [B]C1c2c(C)cccc2-c2cccc(C)c21.[B]C1c2cc(C)ccc2-c2c(C)cccc21.[B]C1c2cc(C)ccc2-c2ccc(C)cc21.[B]C1c2cc(C)ccc2-c2cccc(C)c21.[B]C1c2cc(C)ccc2-c2cccc(C)c21.[B]C1c2ccc(C)cc2-c2ccc(C)cc21.[B]C1c2ccc(C)cc2-c2cccc(C)c21.[B]C1c2cccc(C)c2-c2cccc(C)c21. The Balaban J connectivity index is 0.000000103. The quantitative estimate of drug-likeness (QED) is 0.133. The maximum atomic E-state index is 6.36. The van der Waals surface area contributed by atoms with Crippen LogP contribution in [0.3, 0.4) is 0 Å². The van der Waals surface area contributed by atoms with Gasteiger partial charge in [0.1, 0.15) is 0 Å². The zero-order valence-corrected chi connectivity index (χ0v) is 77.0. The van der Waals surface area contributed by atoms with Crippen LogP contribution in [-0.4, -0.2) is 62.8 Å². The average Bonchev–Trinajstić information content (AvgIpc) is 1.53. The molecule has 0 bridgehead atoms. The van der Waals surface area contributed by atoms with Gasteiger partial charge in [0.25, 0.3) is 0 Å². The van der Waals surface area contributed by atoms with Crippen LogP contribution < -0.4 is 0 Å². The number of aryl methyl sites for hydroxylation is 16. The summed E-state index contributed by atoms with van der Waals surface area (Å²) in [5.41, 5.74) is 62.0. The minimum atomic E-state index is 0.0461. The fourth-order valence-electron chi connectivity index (χ4n) is 21.3. The Morgan fingerprint density at radius 2 is 0.328 bits per heavy atom. The van der Waals surface area contributed by atoms with E-state index in [4.69, 9.17) is 62.8 Å². The van der Waals surface area contributed by atoms with Crippen molar-refractivity contribution in [3.8, 4) is 89.0 Å². The largest absolute Gasteiger partial charge is 0.0829 e. The van der Waals surface area contributed by atoms with Crippen molar-refractivity contribution in [2.24, 2.45) is 0 Å². The van der Waals surface area contributed by atoms with Gasteiger partial charge in [0.2, 0.25) is 0 Å². The topological polar surface area (TPSA) is 0 Å². The summed E-state index contributed by atoms with van der Waals surface area (Å²) in [6.07, 6.45) is 0. The third-order valence-corrected chi connectivity index (χ3v) is 27.7. The fourth-order valence-corrected chi connectivity index (χ4v) is 21.3. The van der Waals surface area contributed by atoms with E-state index in [1.807, 2.05) is 0 Å². The number of hydrogen-bond acceptors (Lipinski definition) is 0. The zero-order chi connectivity index (χ0) is 90.3. The maximum Gasteiger partial charge on any atom is 0.0829 e. The zero-order valence-electron chi connectivity index (χ0n) is 77.0. The molecule has 0 heterocycles. The van der Waals surface area contributed by atoms with Gasteiger partial charge in [-0.15, -0.1) is 0 Å². The predicted octanol–water partition coefficient (Wildman–Crippen LogP) is 28.3. The van der Waals surface area contributed by atoms with Crippen molar-refractivity contribution >= 4 is 62.8 Å². The molecule has 16 aromatic rings. The molecule has 16 radical (unpaired) electrons. The van der Waals surface area contributed by atoms with E-state index >= 15 is 0 Å². The molecule has 608 valence electrons. The van der Waals surface area contributed by atoms with Crippen molar-refractivity contribution in [1.29, 1.82) is 0 Å². The van der Waals surface area contributed by atoms with E-state index < -0.39 is 0 Å². The van der Waals surface area contributed by atoms with Gasteiger partial charge in [0, 0.05) is 0 Å². The van der Waals surface area contributed by atoms with Gasteiger partial charge in [-0.05, 0) is 380 Å². The molecule has 128 heavy (non-hydrogen) atoms. The Bertz CT molecular complexity index is 6840. The van der Waals surface area contributed by atoms with Crippen molar-refractivity contribution in [3.63, 3.8) is 0 Å². The monoisotopic (exact) mass is 1630 g/mol. The van der Waals surface area contributed by atoms with Crippen LogP contribution >= 0.6 is 0 Å². The predicted molar refractivity (Wildman–Crippen MR) is 552 cm³/mol. The summed E-state index contributed by atoms with van der Waals surface area (Å²) < 4.78 is 0. The molecular weight excluding hydrogens is 1530 g/mol. The van der Waals surface area contributed by atoms with E-state index in [-0.39, 0.29) is 46.5 Å². The van der Waals surface area contributed by atoms with Gasteiger partial charge >= 0.3 is 0 Å². The third-order valence-electron chi connectivity index (χ3n) is 27.7. The van der Waals surface area contributed by atoms with Gasteiger partial charge < -0.3 is 0 Å². The first-order valence-corrected chi connectivity index (χ1v) is 45.1. The molecule has 8 aliphatic carbocycles. The molecule has 6 atom stereocenters. The second kappa shape index (κ2) is 35.9. The van der Waals surface area contributed by atoms with Gasteiger partial charge in [-0.2, -0.15) is 0 Å². The molecule has 8 heteroatoms. The summed E-state index contributed by atoms with van der Waals surface area (Å²) in [7, 11) is 50.5. The summed E-state index contributed by atoms with van der Waals surface area (Å²) in [5.74, 6) is 0.377. The highest BCUT2D eigenvalue weighted by Crippen LogP contribution is 2.53. The van der Waals surface area contributed by atoms with Gasteiger partial charge in [0.15, 0.2) is 0 Å². The van der Waals surface area contributed by atoms with Crippen molar-refractivity contribution < 1.29 is 0 Å². The average molecular weight is 1630 g/mol. The molecule has 16 aromatic carbocycles. The van der Waals surface area contributed by atoms with E-state index in [1.54, 1.807) is 0 Å². The summed E-state index contributed by atoms with van der Waals surface area (Å²) >= 11 is 0. The molecule has 8 aliphatic rings. The summed E-state index contributed by atoms with van der Waals surface area (Å²) in [5, 5.41) is 0. The van der Waals surface area contributed by atoms with Crippen molar-refractivity contribution in [1.82, 2.24) is 0 Å². The molecule has 24 rings (SSSR count). The Morgan fingerprint density at radius 1 is 0.133 bits per heavy atom. The lowest BCUT2D eigenvalue weighted by atomic mass is 9.76. The van der Waals surface area contributed by atoms with Crippen LogP contribution in [0, 0.1) is 111 Å². The summed E-state index contributed by atoms with van der Waals surface area (Å²) in [6, 6.07) is 104. The van der Waals surface area contributed by atoms with Crippen LogP contribution in [0.2, 0.25) is 0 Å². The fraction of sp³-hybridized carbons (Fsp3) is 0.200. The first-order valence-electron chi connectivity index (χ1n) is 45.1. The molecule has 0 aliphatic heterocycles. The van der Waals surface area contributed by atoms with E-state index in [2.05, 4.69) is 402 Å². The first-order chi connectivity index (χ1) is 61.5. The van der Waals surface area contributed by atoms with E-state index in [1.165, 1.54) is 267 Å². The molecular formula is C120H104B8. The maximum absolute atomic E-state index is 6.36. The lowest BCUT2D eigenvalue weighted by Crippen LogP contribution is -1.99. The normalized spacial score (nSPS) is 16.2. The highest BCUT2D eigenvalue weighted by atomic mass is 14.4. The minimum Gasteiger partial charge on any atom is -0.0617 e. The first kappa shape index (κ1) is 88.1. The molecule has 0 saturated heterocycles. The van der Waals surface area contributed by atoms with Crippen LogP contribution in [-0.2, 0) is 0 Å². The Morgan fingerprint density at radius 3 is 0.695 bits per heavy atom. The molecule has 0 amide bonds. The van der Waals surface area contributed by atoms with Crippen molar-refractivity contribution in [2.75, 3.05) is 0 Å². The van der Waals surface area contributed by atoms with Gasteiger partial charge in [-0.3, -0.25) is 0 Å². The van der Waals surface area contributed by atoms with Crippen LogP contribution in [0.1, 0.15) is 225 Å². The third kappa shape index (κ3) is 16.2.